The van der Waals surface area contributed by atoms with E-state index in [0.29, 0.717) is 56.7 Å². The molecular weight excluding hydrogens is 759 g/mol. The third-order valence-electron chi connectivity index (χ3n) is 12.7. The van der Waals surface area contributed by atoms with Gasteiger partial charge in [0.1, 0.15) is 23.5 Å². The molecule has 2 aromatic rings. The summed E-state index contributed by atoms with van der Waals surface area (Å²) in [5.41, 5.74) is 5.46. The van der Waals surface area contributed by atoms with Gasteiger partial charge in [-0.3, -0.25) is 14.3 Å². The SMILES string of the molecule is CC[C@H]1OC(=O)[C@H](C)C(O)[C@H](C)[C@@H](O[C@@H]2O[C@H](C)CC(N(C)C)C2O)[C@](C)(OC)C[C@@H](C)CN[C@H](C)[C@@H](N(C=O)CCCCn2cc(-c3cccc(N)c3)nn2)[C@]1(C)O. The maximum Gasteiger partial charge on any atom is 0.311 e. The predicted molar refractivity (Wildman–Crippen MR) is 225 cm³/mol. The smallest absolute Gasteiger partial charge is 0.311 e. The molecule has 14 atom stereocenters. The van der Waals surface area contributed by atoms with E-state index in [1.54, 1.807) is 37.5 Å². The normalized spacial score (nSPS) is 36.7. The summed E-state index contributed by atoms with van der Waals surface area (Å²) < 4.78 is 27.0. The molecule has 0 bridgehead atoms. The Morgan fingerprint density at radius 2 is 1.83 bits per heavy atom. The van der Waals surface area contributed by atoms with Crippen molar-refractivity contribution in [1.82, 2.24) is 30.1 Å². The zero-order valence-corrected chi connectivity index (χ0v) is 37.2. The van der Waals surface area contributed by atoms with Crippen LogP contribution in [-0.4, -0.2) is 153 Å². The van der Waals surface area contributed by atoms with Gasteiger partial charge in [-0.05, 0) is 105 Å². The summed E-state index contributed by atoms with van der Waals surface area (Å²) in [6.07, 6.45) is -0.120. The summed E-state index contributed by atoms with van der Waals surface area (Å²) in [6, 6.07) is 5.97. The van der Waals surface area contributed by atoms with Gasteiger partial charge in [-0.2, -0.15) is 0 Å². The molecule has 2 aliphatic rings. The Bertz CT molecular complexity index is 1630. The van der Waals surface area contributed by atoms with Crippen LogP contribution in [-0.2, 0) is 35.1 Å². The van der Waals surface area contributed by atoms with Crippen LogP contribution in [0.5, 0.6) is 0 Å². The van der Waals surface area contributed by atoms with Crippen LogP contribution in [0.2, 0.25) is 0 Å². The Morgan fingerprint density at radius 3 is 2.46 bits per heavy atom. The van der Waals surface area contributed by atoms with Crippen molar-refractivity contribution in [2.75, 3.05) is 40.0 Å². The summed E-state index contributed by atoms with van der Waals surface area (Å²) in [5, 5.41) is 48.0. The molecule has 3 heterocycles. The van der Waals surface area contributed by atoms with E-state index in [0.717, 1.165) is 12.0 Å². The first kappa shape index (κ1) is 48.4. The van der Waals surface area contributed by atoms with Gasteiger partial charge >= 0.3 is 5.97 Å². The van der Waals surface area contributed by atoms with Gasteiger partial charge in [0.15, 0.2) is 6.29 Å². The first-order chi connectivity index (χ1) is 27.8. The Kier molecular flexibility index (Phi) is 17.3. The van der Waals surface area contributed by atoms with Crippen LogP contribution in [0.15, 0.2) is 30.5 Å². The number of hydrogen-bond donors (Lipinski definition) is 5. The molecule has 1 aromatic heterocycles. The second-order valence-corrected chi connectivity index (χ2v) is 17.8. The Balaban J connectivity index is 1.59. The number of unbranched alkanes of at least 4 members (excludes halogenated alkanes) is 1. The average molecular weight is 832 g/mol. The Labute approximate surface area is 351 Å². The number of methoxy groups -OCH3 is 1. The van der Waals surface area contributed by atoms with Crippen LogP contribution in [0.3, 0.4) is 0 Å². The largest absolute Gasteiger partial charge is 0.459 e. The van der Waals surface area contributed by atoms with Crippen LogP contribution < -0.4 is 11.1 Å². The number of amides is 1. The fourth-order valence-electron chi connectivity index (χ4n) is 9.22. The van der Waals surface area contributed by atoms with Crippen molar-refractivity contribution in [2.45, 2.75) is 160 Å². The van der Waals surface area contributed by atoms with E-state index in [4.69, 9.17) is 24.7 Å². The Morgan fingerprint density at radius 1 is 1.12 bits per heavy atom. The first-order valence-corrected chi connectivity index (χ1v) is 21.3. The molecule has 0 aliphatic carbocycles. The number of benzene rings is 1. The minimum absolute atomic E-state index is 0.0407. The number of hydrogen-bond acceptors (Lipinski definition) is 14. The zero-order chi connectivity index (χ0) is 43.8. The number of aryl methyl sites for hydroxylation is 1. The lowest BCUT2D eigenvalue weighted by Gasteiger charge is -2.47. The lowest BCUT2D eigenvalue weighted by atomic mass is 9.77. The van der Waals surface area contributed by atoms with Crippen LogP contribution in [0, 0.1) is 17.8 Å². The number of nitrogens with two attached hydrogens (primary N) is 1. The monoisotopic (exact) mass is 832 g/mol. The summed E-state index contributed by atoms with van der Waals surface area (Å²) in [5.74, 6) is -2.48. The third-order valence-corrected chi connectivity index (χ3v) is 12.7. The topological polar surface area (TPSA) is 207 Å². The number of anilines is 1. The fraction of sp³-hybridized carbons (Fsp3) is 0.767. The van der Waals surface area contributed by atoms with Gasteiger partial charge in [0.05, 0.1) is 42.1 Å². The number of aliphatic hydroxyl groups is 3. The van der Waals surface area contributed by atoms with E-state index < -0.39 is 71.8 Å². The number of aliphatic hydroxyl groups excluding tert-OH is 2. The number of carbonyl (C=O) groups is 2. The molecule has 6 N–H and O–H groups in total. The first-order valence-electron chi connectivity index (χ1n) is 21.3. The molecule has 2 fully saturated rings. The maximum absolute atomic E-state index is 14.0. The molecule has 1 aromatic carbocycles. The number of nitrogens with one attached hydrogen (secondary N) is 1. The summed E-state index contributed by atoms with van der Waals surface area (Å²) in [4.78, 5) is 30.5. The van der Waals surface area contributed by atoms with Crippen LogP contribution in [0.4, 0.5) is 5.69 Å². The van der Waals surface area contributed by atoms with E-state index in [1.165, 1.54) is 0 Å². The van der Waals surface area contributed by atoms with E-state index >= 15 is 0 Å². The molecule has 3 unspecified atom stereocenters. The highest BCUT2D eigenvalue weighted by Crippen LogP contribution is 2.38. The number of ether oxygens (including phenoxy) is 4. The van der Waals surface area contributed by atoms with E-state index in [2.05, 4.69) is 22.6 Å². The van der Waals surface area contributed by atoms with Gasteiger partial charge in [0.2, 0.25) is 6.41 Å². The van der Waals surface area contributed by atoms with Gasteiger partial charge in [0, 0.05) is 49.5 Å². The Hall–Kier alpha value is -3.22. The molecule has 59 heavy (non-hydrogen) atoms. The molecule has 1 amide bonds. The minimum atomic E-state index is -1.70. The number of nitrogen functional groups attached to an aromatic ring is 1. The molecule has 2 aliphatic heterocycles. The number of aromatic nitrogens is 3. The van der Waals surface area contributed by atoms with Crippen molar-refractivity contribution in [2.24, 2.45) is 17.8 Å². The molecule has 0 spiro atoms. The van der Waals surface area contributed by atoms with Crippen molar-refractivity contribution >= 4 is 18.1 Å². The second-order valence-electron chi connectivity index (χ2n) is 17.8. The van der Waals surface area contributed by atoms with Gasteiger partial charge in [-0.1, -0.05) is 38.1 Å². The summed E-state index contributed by atoms with van der Waals surface area (Å²) >= 11 is 0. The number of esters is 1. The fourth-order valence-corrected chi connectivity index (χ4v) is 9.22. The lowest BCUT2D eigenvalue weighted by molar-refractivity contribution is -0.301. The minimum Gasteiger partial charge on any atom is -0.459 e. The van der Waals surface area contributed by atoms with E-state index in [1.807, 2.05) is 77.2 Å². The predicted octanol–water partition coefficient (Wildman–Crippen LogP) is 3.07. The molecule has 0 saturated carbocycles. The third kappa shape index (κ3) is 11.8. The maximum atomic E-state index is 14.0. The number of nitrogens with zero attached hydrogens (tertiary/aromatic N) is 5. The van der Waals surface area contributed by atoms with Crippen molar-refractivity contribution in [3.8, 4) is 11.3 Å². The quantitative estimate of drug-likeness (QED) is 0.0852. The molecule has 0 radical (unpaired) electrons. The molecular formula is C43H73N7O9. The number of carbonyl (C=O) groups excluding carboxylic acids is 2. The average Bonchev–Trinajstić information content (AvgIpc) is 3.67. The van der Waals surface area contributed by atoms with Crippen molar-refractivity contribution in [3.63, 3.8) is 0 Å². The van der Waals surface area contributed by atoms with Crippen molar-refractivity contribution in [3.05, 3.63) is 30.5 Å². The standard InChI is InChI=1S/C43H73N7O9/c1-12-35-43(8,55)38(49(25-51)18-13-14-19-50-24-33(46-47-50)31-16-15-17-32(44)21-31)30(6)45-23-26(2)22-42(7,56-11)39(28(4)36(52)29(5)40(54)58-35)59-41-37(53)34(48(9)10)20-27(3)57-41/h15-17,21,24-30,34-39,41,45,52-53,55H,12-14,18-20,22-23,44H2,1-11H3/t26-,27-,28+,29-,30-,34?,35-,36?,37?,38-,39-,41+,42-,43-/m1/s1. The number of likely N-dealkylation sites (N-methyl/N-ethyl adjacent to an activating group) is 1. The summed E-state index contributed by atoms with van der Waals surface area (Å²) in [7, 11) is 5.40. The van der Waals surface area contributed by atoms with Gasteiger partial charge in [-0.25, -0.2) is 0 Å². The lowest BCUT2D eigenvalue weighted by Crippen LogP contribution is -2.65. The van der Waals surface area contributed by atoms with Gasteiger partial charge < -0.3 is 55.1 Å². The zero-order valence-electron chi connectivity index (χ0n) is 37.2. The van der Waals surface area contributed by atoms with Gasteiger partial charge in [0.25, 0.3) is 0 Å². The highest BCUT2D eigenvalue weighted by Gasteiger charge is 2.51. The highest BCUT2D eigenvalue weighted by atomic mass is 16.7. The van der Waals surface area contributed by atoms with Crippen molar-refractivity contribution in [1.29, 1.82) is 0 Å². The molecule has 2 saturated heterocycles. The van der Waals surface area contributed by atoms with Crippen LogP contribution >= 0.6 is 0 Å². The highest BCUT2D eigenvalue weighted by molar-refractivity contribution is 5.73. The van der Waals surface area contributed by atoms with Crippen molar-refractivity contribution < 1.29 is 43.9 Å². The van der Waals surface area contributed by atoms with Gasteiger partial charge in [-0.15, -0.1) is 5.10 Å². The van der Waals surface area contributed by atoms with E-state index in [9.17, 15) is 24.9 Å². The second kappa shape index (κ2) is 21.0. The van der Waals surface area contributed by atoms with Crippen LogP contribution in [0.25, 0.3) is 11.3 Å². The summed E-state index contributed by atoms with van der Waals surface area (Å²) in [6.45, 7) is 16.0. The number of rotatable bonds is 13. The van der Waals surface area contributed by atoms with Crippen LogP contribution in [0.1, 0.15) is 87.5 Å². The molecule has 334 valence electrons. The van der Waals surface area contributed by atoms with E-state index in [-0.39, 0.29) is 24.5 Å². The number of cyclic esters (lactones) is 1. The molecule has 16 nitrogen and oxygen atoms in total. The molecule has 4 rings (SSSR count). The molecule has 16 heteroatoms.